The third kappa shape index (κ3) is 4.70. The average Bonchev–Trinajstić information content (AvgIpc) is 2.71. The molecule has 0 saturated carbocycles. The number of hydrogen-bond donors (Lipinski definition) is 2. The minimum absolute atomic E-state index is 0.115. The van der Waals surface area contributed by atoms with Gasteiger partial charge in [-0.3, -0.25) is 4.90 Å². The van der Waals surface area contributed by atoms with E-state index in [0.717, 1.165) is 38.0 Å². The van der Waals surface area contributed by atoms with E-state index in [2.05, 4.69) is 27.7 Å². The molecule has 2 saturated heterocycles. The van der Waals surface area contributed by atoms with Gasteiger partial charge in [-0.1, -0.05) is 30.7 Å². The van der Waals surface area contributed by atoms with E-state index in [-0.39, 0.29) is 17.8 Å². The van der Waals surface area contributed by atoms with Gasteiger partial charge < -0.3 is 15.4 Å². The van der Waals surface area contributed by atoms with E-state index in [0.29, 0.717) is 12.1 Å². The van der Waals surface area contributed by atoms with Crippen LogP contribution in [-0.2, 0) is 6.54 Å². The molecule has 0 radical (unpaired) electrons. The lowest BCUT2D eigenvalue weighted by Gasteiger charge is -2.49. The van der Waals surface area contributed by atoms with Crippen molar-refractivity contribution in [2.45, 2.75) is 56.8 Å². The van der Waals surface area contributed by atoms with Crippen molar-refractivity contribution in [3.05, 3.63) is 59.9 Å². The number of piperidine rings is 2. The van der Waals surface area contributed by atoms with Crippen molar-refractivity contribution in [2.24, 2.45) is 0 Å². The summed E-state index contributed by atoms with van der Waals surface area (Å²) in [5.74, 6) is 0.451. The predicted molar refractivity (Wildman–Crippen MR) is 112 cm³/mol. The molecule has 154 valence electrons. The number of carbonyl (C=O) groups is 1. The third-order valence-electron chi connectivity index (χ3n) is 6.11. The summed E-state index contributed by atoms with van der Waals surface area (Å²) in [5, 5.41) is 5.70. The maximum absolute atomic E-state index is 13.8. The van der Waals surface area contributed by atoms with Gasteiger partial charge in [0.2, 0.25) is 0 Å². The van der Waals surface area contributed by atoms with Crippen molar-refractivity contribution in [3.63, 3.8) is 0 Å². The zero-order chi connectivity index (χ0) is 20.2. The van der Waals surface area contributed by atoms with Gasteiger partial charge in [0, 0.05) is 24.7 Å². The molecule has 5 nitrogen and oxygen atoms in total. The molecule has 0 aliphatic carbocycles. The van der Waals surface area contributed by atoms with Crippen molar-refractivity contribution in [3.8, 4) is 5.75 Å². The largest absolute Gasteiger partial charge is 0.497 e. The topological polar surface area (TPSA) is 53.6 Å². The van der Waals surface area contributed by atoms with Gasteiger partial charge in [0.05, 0.1) is 12.8 Å². The molecule has 2 N–H and O–H groups in total. The number of methoxy groups -OCH3 is 1. The summed E-state index contributed by atoms with van der Waals surface area (Å²) >= 11 is 0. The van der Waals surface area contributed by atoms with Gasteiger partial charge in [-0.15, -0.1) is 0 Å². The van der Waals surface area contributed by atoms with Crippen molar-refractivity contribution in [1.82, 2.24) is 10.2 Å². The van der Waals surface area contributed by atoms with Gasteiger partial charge >= 0.3 is 6.03 Å². The van der Waals surface area contributed by atoms with Crippen LogP contribution in [0.5, 0.6) is 5.75 Å². The number of nitrogens with one attached hydrogen (secondary N) is 2. The Balaban J connectivity index is 1.36. The molecular weight excluding hydrogens is 369 g/mol. The highest BCUT2D eigenvalue weighted by Gasteiger charge is 2.38. The number of para-hydroxylation sites is 1. The molecule has 2 amide bonds. The minimum atomic E-state index is -0.422. The first kappa shape index (κ1) is 19.7. The summed E-state index contributed by atoms with van der Waals surface area (Å²) in [7, 11) is 1.68. The maximum Gasteiger partial charge on any atom is 0.319 e. The van der Waals surface area contributed by atoms with Crippen LogP contribution < -0.4 is 15.4 Å². The average molecular weight is 397 g/mol. The molecule has 2 heterocycles. The third-order valence-corrected chi connectivity index (χ3v) is 6.11. The Bertz CT molecular complexity index is 828. The maximum atomic E-state index is 13.8. The van der Waals surface area contributed by atoms with Crippen molar-refractivity contribution < 1.29 is 13.9 Å². The van der Waals surface area contributed by atoms with Gasteiger partial charge in [0.15, 0.2) is 0 Å². The molecule has 0 unspecified atom stereocenters. The number of carbonyl (C=O) groups excluding carboxylic acids is 1. The van der Waals surface area contributed by atoms with Crippen molar-refractivity contribution in [1.29, 1.82) is 0 Å². The Morgan fingerprint density at radius 1 is 1.10 bits per heavy atom. The summed E-state index contributed by atoms with van der Waals surface area (Å²) in [4.78, 5) is 15.0. The highest BCUT2D eigenvalue weighted by Crippen LogP contribution is 2.35. The van der Waals surface area contributed by atoms with Crippen LogP contribution in [0.25, 0.3) is 0 Å². The molecule has 2 aromatic rings. The van der Waals surface area contributed by atoms with Crippen LogP contribution in [0, 0.1) is 5.82 Å². The fraction of sp³-hybridized carbons (Fsp3) is 0.435. The number of hydrogen-bond acceptors (Lipinski definition) is 3. The highest BCUT2D eigenvalue weighted by atomic mass is 19.1. The first-order chi connectivity index (χ1) is 14.1. The van der Waals surface area contributed by atoms with Crippen LogP contribution in [0.2, 0.25) is 0 Å². The normalized spacial score (nSPS) is 24.0. The Labute approximate surface area is 171 Å². The fourth-order valence-corrected chi connectivity index (χ4v) is 4.70. The number of rotatable bonds is 5. The van der Waals surface area contributed by atoms with Gasteiger partial charge in [0.1, 0.15) is 11.6 Å². The predicted octanol–water partition coefficient (Wildman–Crippen LogP) is 4.54. The molecule has 2 aromatic carbocycles. The number of halogens is 1. The lowest BCUT2D eigenvalue weighted by Crippen LogP contribution is -2.56. The van der Waals surface area contributed by atoms with E-state index in [4.69, 9.17) is 4.74 Å². The molecular formula is C23H28FN3O2. The molecule has 0 aromatic heterocycles. The number of benzene rings is 2. The van der Waals surface area contributed by atoms with Crippen LogP contribution in [0.1, 0.15) is 37.7 Å². The van der Waals surface area contributed by atoms with Crippen LogP contribution in [-0.4, -0.2) is 36.2 Å². The van der Waals surface area contributed by atoms with Gasteiger partial charge in [0.25, 0.3) is 0 Å². The second kappa shape index (κ2) is 8.82. The smallest absolute Gasteiger partial charge is 0.319 e. The monoisotopic (exact) mass is 397 g/mol. The molecule has 4 rings (SSSR count). The van der Waals surface area contributed by atoms with E-state index < -0.39 is 5.82 Å². The first-order valence-corrected chi connectivity index (χ1v) is 10.3. The lowest BCUT2D eigenvalue weighted by atomic mass is 9.81. The second-order valence-electron chi connectivity index (χ2n) is 8.01. The van der Waals surface area contributed by atoms with E-state index in [1.54, 1.807) is 25.3 Å². The molecule has 6 heteroatoms. The summed E-state index contributed by atoms with van der Waals surface area (Å²) in [6.45, 7) is 0.924. The fourth-order valence-electron chi connectivity index (χ4n) is 4.70. The van der Waals surface area contributed by atoms with E-state index in [9.17, 15) is 9.18 Å². The van der Waals surface area contributed by atoms with Crippen molar-refractivity contribution in [2.75, 3.05) is 12.4 Å². The molecule has 2 aliphatic rings. The number of amides is 2. The molecule has 2 bridgehead atoms. The number of anilines is 1. The molecule has 2 atom stereocenters. The van der Waals surface area contributed by atoms with E-state index in [1.807, 2.05) is 12.1 Å². The summed E-state index contributed by atoms with van der Waals surface area (Å²) in [6, 6.07) is 15.2. The lowest BCUT2D eigenvalue weighted by molar-refractivity contribution is 0.0200. The zero-order valence-corrected chi connectivity index (χ0v) is 16.7. The molecule has 29 heavy (non-hydrogen) atoms. The van der Waals surface area contributed by atoms with Crippen LogP contribution in [0.15, 0.2) is 48.5 Å². The van der Waals surface area contributed by atoms with Crippen LogP contribution >= 0.6 is 0 Å². The SMILES string of the molecule is COc1ccc(CN2[C@H]3CCC[C@H]2CC(NC(=O)Nc2ccccc2F)C3)cc1. The molecule has 0 spiro atoms. The molecule has 2 aliphatic heterocycles. The quantitative estimate of drug-likeness (QED) is 0.779. The van der Waals surface area contributed by atoms with Crippen molar-refractivity contribution >= 4 is 11.7 Å². The number of urea groups is 1. The Hall–Kier alpha value is -2.60. The second-order valence-corrected chi connectivity index (χ2v) is 8.01. The van der Waals surface area contributed by atoms with Gasteiger partial charge in [-0.05, 0) is 55.5 Å². The Morgan fingerprint density at radius 2 is 1.79 bits per heavy atom. The van der Waals surface area contributed by atoms with E-state index >= 15 is 0 Å². The zero-order valence-electron chi connectivity index (χ0n) is 16.7. The highest BCUT2D eigenvalue weighted by molar-refractivity contribution is 5.89. The standard InChI is InChI=1S/C23H28FN3O2/c1-29-20-11-9-16(10-12-20)15-27-18-5-4-6-19(27)14-17(13-18)25-23(28)26-22-8-3-2-7-21(22)24/h2-3,7-12,17-19H,4-6,13-15H2,1H3,(H2,25,26,28)/t18-,19-/m0/s1. The van der Waals surface area contributed by atoms with Gasteiger partial charge in [-0.2, -0.15) is 0 Å². The Morgan fingerprint density at radius 3 is 2.45 bits per heavy atom. The summed E-state index contributed by atoms with van der Waals surface area (Å²) < 4.78 is 19.0. The number of ether oxygens (including phenoxy) is 1. The number of nitrogens with zero attached hydrogens (tertiary/aromatic N) is 1. The van der Waals surface area contributed by atoms with Gasteiger partial charge in [-0.25, -0.2) is 9.18 Å². The molecule has 2 fully saturated rings. The van der Waals surface area contributed by atoms with Crippen LogP contribution in [0.3, 0.4) is 0 Å². The summed E-state index contributed by atoms with van der Waals surface area (Å²) in [6.07, 6.45) is 5.40. The first-order valence-electron chi connectivity index (χ1n) is 10.3. The minimum Gasteiger partial charge on any atom is -0.497 e. The number of fused-ring (bicyclic) bond motifs is 2. The van der Waals surface area contributed by atoms with E-state index in [1.165, 1.54) is 18.1 Å². The van der Waals surface area contributed by atoms with Crippen LogP contribution in [0.4, 0.5) is 14.9 Å². The summed E-state index contributed by atoms with van der Waals surface area (Å²) in [5.41, 5.74) is 1.49. The Kier molecular flexibility index (Phi) is 6.00.